The standard InChI is InChI=1S/C17H23N3O/c1-2-7-18-12-14-13-19-17(20-8-10-21-11-9-20)16-6-4-3-5-15(14)16/h3-6,13,18H,2,7-12H2,1H3. The van der Waals surface area contributed by atoms with Crippen molar-refractivity contribution >= 4 is 16.6 Å². The molecule has 0 spiro atoms. The van der Waals surface area contributed by atoms with Gasteiger partial charge < -0.3 is 15.0 Å². The molecule has 2 heterocycles. The molecule has 1 aromatic heterocycles. The Balaban J connectivity index is 1.93. The molecule has 1 fully saturated rings. The van der Waals surface area contributed by atoms with Crippen molar-refractivity contribution in [2.75, 3.05) is 37.7 Å². The van der Waals surface area contributed by atoms with E-state index in [0.717, 1.165) is 51.6 Å². The number of anilines is 1. The van der Waals surface area contributed by atoms with E-state index in [1.807, 2.05) is 6.20 Å². The highest BCUT2D eigenvalue weighted by Gasteiger charge is 2.16. The Morgan fingerprint density at radius 1 is 1.19 bits per heavy atom. The summed E-state index contributed by atoms with van der Waals surface area (Å²) in [6.07, 6.45) is 3.17. The van der Waals surface area contributed by atoms with Gasteiger partial charge >= 0.3 is 0 Å². The summed E-state index contributed by atoms with van der Waals surface area (Å²) in [5.41, 5.74) is 1.27. The third kappa shape index (κ3) is 3.17. The lowest BCUT2D eigenvalue weighted by Gasteiger charge is -2.29. The second-order valence-electron chi connectivity index (χ2n) is 5.43. The average molecular weight is 285 g/mol. The fraction of sp³-hybridized carbons (Fsp3) is 0.471. The molecular formula is C17H23N3O. The first kappa shape index (κ1) is 14.3. The van der Waals surface area contributed by atoms with E-state index >= 15 is 0 Å². The van der Waals surface area contributed by atoms with Crippen LogP contribution in [0.2, 0.25) is 0 Å². The van der Waals surface area contributed by atoms with E-state index in [2.05, 4.69) is 41.4 Å². The largest absolute Gasteiger partial charge is 0.378 e. The molecule has 2 aromatic rings. The zero-order chi connectivity index (χ0) is 14.5. The molecule has 112 valence electrons. The van der Waals surface area contributed by atoms with E-state index in [4.69, 9.17) is 9.72 Å². The summed E-state index contributed by atoms with van der Waals surface area (Å²) < 4.78 is 5.44. The van der Waals surface area contributed by atoms with Crippen molar-refractivity contribution in [3.8, 4) is 0 Å². The fourth-order valence-electron chi connectivity index (χ4n) is 2.80. The third-order valence-corrected chi connectivity index (χ3v) is 3.91. The van der Waals surface area contributed by atoms with Gasteiger partial charge in [-0.2, -0.15) is 0 Å². The second kappa shape index (κ2) is 6.87. The maximum Gasteiger partial charge on any atom is 0.136 e. The molecule has 1 N–H and O–H groups in total. The van der Waals surface area contributed by atoms with Crippen LogP contribution in [0.5, 0.6) is 0 Å². The van der Waals surface area contributed by atoms with Crippen LogP contribution in [0.1, 0.15) is 18.9 Å². The van der Waals surface area contributed by atoms with Crippen molar-refractivity contribution in [3.05, 3.63) is 36.0 Å². The highest BCUT2D eigenvalue weighted by atomic mass is 16.5. The van der Waals surface area contributed by atoms with Crippen molar-refractivity contribution in [1.82, 2.24) is 10.3 Å². The number of rotatable bonds is 5. The molecule has 4 heteroatoms. The zero-order valence-electron chi connectivity index (χ0n) is 12.6. The molecular weight excluding hydrogens is 262 g/mol. The number of nitrogens with one attached hydrogen (secondary N) is 1. The van der Waals surface area contributed by atoms with E-state index in [1.165, 1.54) is 16.3 Å². The van der Waals surface area contributed by atoms with Gasteiger partial charge in [0.25, 0.3) is 0 Å². The van der Waals surface area contributed by atoms with Crippen LogP contribution in [0.15, 0.2) is 30.5 Å². The SMILES string of the molecule is CCCNCc1cnc(N2CCOCC2)c2ccccc12. The van der Waals surface area contributed by atoms with Crippen LogP contribution in [-0.4, -0.2) is 37.8 Å². The zero-order valence-corrected chi connectivity index (χ0v) is 12.6. The fourth-order valence-corrected chi connectivity index (χ4v) is 2.80. The summed E-state index contributed by atoms with van der Waals surface area (Å²) in [6.45, 7) is 7.52. The van der Waals surface area contributed by atoms with Crippen LogP contribution < -0.4 is 10.2 Å². The second-order valence-corrected chi connectivity index (χ2v) is 5.43. The molecule has 0 radical (unpaired) electrons. The van der Waals surface area contributed by atoms with Crippen molar-refractivity contribution < 1.29 is 4.74 Å². The monoisotopic (exact) mass is 285 g/mol. The number of benzene rings is 1. The molecule has 0 saturated carbocycles. The van der Waals surface area contributed by atoms with Gasteiger partial charge in [-0.3, -0.25) is 0 Å². The van der Waals surface area contributed by atoms with Crippen molar-refractivity contribution in [1.29, 1.82) is 0 Å². The Morgan fingerprint density at radius 3 is 2.71 bits per heavy atom. The lowest BCUT2D eigenvalue weighted by molar-refractivity contribution is 0.122. The minimum atomic E-state index is 0.788. The topological polar surface area (TPSA) is 37.4 Å². The Hall–Kier alpha value is -1.65. The summed E-state index contributed by atoms with van der Waals surface area (Å²) in [6, 6.07) is 8.58. The average Bonchev–Trinajstić information content (AvgIpc) is 2.56. The molecule has 1 aromatic carbocycles. The smallest absolute Gasteiger partial charge is 0.136 e. The van der Waals surface area contributed by atoms with E-state index in [0.29, 0.717) is 0 Å². The normalized spacial score (nSPS) is 15.6. The van der Waals surface area contributed by atoms with Crippen LogP contribution in [0.3, 0.4) is 0 Å². The lowest BCUT2D eigenvalue weighted by Crippen LogP contribution is -2.36. The van der Waals surface area contributed by atoms with Gasteiger partial charge in [-0.15, -0.1) is 0 Å². The molecule has 3 rings (SSSR count). The predicted octanol–water partition coefficient (Wildman–Crippen LogP) is 2.57. The minimum Gasteiger partial charge on any atom is -0.378 e. The Bertz CT molecular complexity index is 594. The van der Waals surface area contributed by atoms with Gasteiger partial charge in [-0.25, -0.2) is 4.98 Å². The van der Waals surface area contributed by atoms with E-state index in [-0.39, 0.29) is 0 Å². The molecule has 0 bridgehead atoms. The highest BCUT2D eigenvalue weighted by Crippen LogP contribution is 2.27. The molecule has 0 amide bonds. The van der Waals surface area contributed by atoms with Crippen LogP contribution in [-0.2, 0) is 11.3 Å². The van der Waals surface area contributed by atoms with Crippen LogP contribution in [0, 0.1) is 0 Å². The number of hydrogen-bond donors (Lipinski definition) is 1. The maximum atomic E-state index is 5.44. The highest BCUT2D eigenvalue weighted by molar-refractivity contribution is 5.94. The minimum absolute atomic E-state index is 0.788. The maximum absolute atomic E-state index is 5.44. The molecule has 1 aliphatic rings. The summed E-state index contributed by atoms with van der Waals surface area (Å²) >= 11 is 0. The Labute approximate surface area is 126 Å². The Kier molecular flexibility index (Phi) is 4.68. The summed E-state index contributed by atoms with van der Waals surface area (Å²) in [5.74, 6) is 1.09. The van der Waals surface area contributed by atoms with Gasteiger partial charge in [0.2, 0.25) is 0 Å². The summed E-state index contributed by atoms with van der Waals surface area (Å²) in [5, 5.41) is 6.02. The van der Waals surface area contributed by atoms with Crippen LogP contribution >= 0.6 is 0 Å². The first-order valence-corrected chi connectivity index (χ1v) is 7.80. The lowest BCUT2D eigenvalue weighted by atomic mass is 10.1. The Morgan fingerprint density at radius 2 is 1.95 bits per heavy atom. The van der Waals surface area contributed by atoms with E-state index in [9.17, 15) is 0 Å². The van der Waals surface area contributed by atoms with Crippen LogP contribution in [0.25, 0.3) is 10.8 Å². The number of aromatic nitrogens is 1. The first-order chi connectivity index (χ1) is 10.4. The quantitative estimate of drug-likeness (QED) is 0.857. The van der Waals surface area contributed by atoms with Crippen molar-refractivity contribution in [2.45, 2.75) is 19.9 Å². The molecule has 0 atom stereocenters. The van der Waals surface area contributed by atoms with Crippen LogP contribution in [0.4, 0.5) is 5.82 Å². The van der Waals surface area contributed by atoms with E-state index in [1.54, 1.807) is 0 Å². The van der Waals surface area contributed by atoms with Crippen molar-refractivity contribution in [3.63, 3.8) is 0 Å². The molecule has 4 nitrogen and oxygen atoms in total. The molecule has 1 saturated heterocycles. The van der Waals surface area contributed by atoms with Gasteiger partial charge in [0.15, 0.2) is 0 Å². The third-order valence-electron chi connectivity index (χ3n) is 3.91. The number of ether oxygens (including phenoxy) is 1. The summed E-state index contributed by atoms with van der Waals surface area (Å²) in [7, 11) is 0. The number of fused-ring (bicyclic) bond motifs is 1. The number of morpholine rings is 1. The number of nitrogens with zero attached hydrogens (tertiary/aromatic N) is 2. The molecule has 21 heavy (non-hydrogen) atoms. The summed E-state index contributed by atoms with van der Waals surface area (Å²) in [4.78, 5) is 7.07. The van der Waals surface area contributed by atoms with Gasteiger partial charge in [0.05, 0.1) is 13.2 Å². The predicted molar refractivity (Wildman–Crippen MR) is 86.8 cm³/mol. The van der Waals surface area contributed by atoms with Gasteiger partial charge in [0, 0.05) is 31.2 Å². The van der Waals surface area contributed by atoms with Crippen molar-refractivity contribution in [2.24, 2.45) is 0 Å². The first-order valence-electron chi connectivity index (χ1n) is 7.80. The van der Waals surface area contributed by atoms with Gasteiger partial charge in [-0.1, -0.05) is 31.2 Å². The van der Waals surface area contributed by atoms with E-state index < -0.39 is 0 Å². The van der Waals surface area contributed by atoms with Gasteiger partial charge in [0.1, 0.15) is 5.82 Å². The molecule has 0 aliphatic carbocycles. The number of pyridine rings is 1. The molecule has 1 aliphatic heterocycles. The van der Waals surface area contributed by atoms with Gasteiger partial charge in [-0.05, 0) is 23.9 Å². The number of hydrogen-bond acceptors (Lipinski definition) is 4. The molecule has 0 unspecified atom stereocenters.